The van der Waals surface area contributed by atoms with E-state index in [2.05, 4.69) is 37.7 Å². The molecule has 98 valence electrons. The number of anilines is 1. The van der Waals surface area contributed by atoms with Crippen molar-refractivity contribution >= 4 is 28.5 Å². The second-order valence-corrected chi connectivity index (χ2v) is 6.31. The van der Waals surface area contributed by atoms with E-state index in [4.69, 9.17) is 10.7 Å². The first kappa shape index (κ1) is 13.3. The number of imidazole rings is 1. The first-order valence-electron chi connectivity index (χ1n) is 6.31. The highest BCUT2D eigenvalue weighted by Gasteiger charge is 2.15. The summed E-state index contributed by atoms with van der Waals surface area (Å²) in [6.07, 6.45) is 2.15. The molecule has 0 aliphatic heterocycles. The van der Waals surface area contributed by atoms with Crippen LogP contribution in [0.2, 0.25) is 0 Å². The van der Waals surface area contributed by atoms with Gasteiger partial charge in [0, 0.05) is 23.4 Å². The highest BCUT2D eigenvalue weighted by atomic mass is 32.2. The Kier molecular flexibility index (Phi) is 3.85. The van der Waals surface area contributed by atoms with E-state index in [0.717, 1.165) is 23.6 Å². The van der Waals surface area contributed by atoms with Crippen molar-refractivity contribution in [2.24, 2.45) is 0 Å². The number of hydrogen-bond acceptors (Lipinski definition) is 3. The second-order valence-electron chi connectivity index (χ2n) is 5.03. The molecule has 0 spiro atoms. The van der Waals surface area contributed by atoms with Crippen molar-refractivity contribution in [1.29, 1.82) is 0 Å². The molecule has 0 amide bonds. The molecule has 0 bridgehead atoms. The van der Waals surface area contributed by atoms with Crippen molar-refractivity contribution in [3.63, 3.8) is 0 Å². The Balaban J connectivity index is 2.55. The fourth-order valence-corrected chi connectivity index (χ4v) is 2.43. The van der Waals surface area contributed by atoms with Crippen molar-refractivity contribution < 1.29 is 0 Å². The van der Waals surface area contributed by atoms with Crippen LogP contribution in [-0.2, 0) is 6.54 Å². The maximum atomic E-state index is 5.83. The molecule has 1 aromatic carbocycles. The Bertz CT molecular complexity index is 545. The maximum absolute atomic E-state index is 5.83. The number of nitrogens with two attached hydrogens (primary N) is 1. The Morgan fingerprint density at radius 1 is 1.33 bits per heavy atom. The number of nitrogen functional groups attached to an aromatic ring is 1. The second kappa shape index (κ2) is 5.22. The lowest BCUT2D eigenvalue weighted by atomic mass is 10.2. The molecule has 0 fully saturated rings. The minimum absolute atomic E-state index is 0.424. The third-order valence-electron chi connectivity index (χ3n) is 3.16. The molecule has 2 aromatic rings. The molecule has 1 unspecified atom stereocenters. The van der Waals surface area contributed by atoms with Crippen LogP contribution in [0.4, 0.5) is 5.69 Å². The summed E-state index contributed by atoms with van der Waals surface area (Å²) in [6, 6.07) is 5.99. The Hall–Kier alpha value is -1.16. The average molecular weight is 263 g/mol. The molecule has 0 aliphatic rings. The summed E-state index contributed by atoms with van der Waals surface area (Å²) in [5.41, 5.74) is 8.81. The van der Waals surface area contributed by atoms with Gasteiger partial charge < -0.3 is 10.3 Å². The van der Waals surface area contributed by atoms with Crippen LogP contribution in [0.15, 0.2) is 18.2 Å². The molecule has 0 radical (unpaired) electrons. The summed E-state index contributed by atoms with van der Waals surface area (Å²) in [5.74, 6) is 1.57. The van der Waals surface area contributed by atoms with Crippen molar-refractivity contribution in [1.82, 2.24) is 9.55 Å². The molecule has 0 aliphatic carbocycles. The lowest BCUT2D eigenvalue weighted by Gasteiger charge is -2.15. The summed E-state index contributed by atoms with van der Waals surface area (Å²) >= 11 is 1.88. The van der Waals surface area contributed by atoms with Crippen molar-refractivity contribution in [2.75, 3.05) is 12.0 Å². The van der Waals surface area contributed by atoms with Crippen molar-refractivity contribution in [3.05, 3.63) is 24.0 Å². The van der Waals surface area contributed by atoms with Gasteiger partial charge in [0.15, 0.2) is 0 Å². The van der Waals surface area contributed by atoms with E-state index in [1.807, 2.05) is 23.9 Å². The van der Waals surface area contributed by atoms with Gasteiger partial charge in [0.1, 0.15) is 5.82 Å². The maximum Gasteiger partial charge on any atom is 0.112 e. The summed E-state index contributed by atoms with van der Waals surface area (Å²) in [4.78, 5) is 4.73. The topological polar surface area (TPSA) is 43.8 Å². The van der Waals surface area contributed by atoms with Crippen LogP contribution in [-0.4, -0.2) is 21.1 Å². The van der Waals surface area contributed by atoms with Gasteiger partial charge in [-0.1, -0.05) is 20.8 Å². The van der Waals surface area contributed by atoms with Gasteiger partial charge in [-0.25, -0.2) is 4.98 Å². The zero-order valence-corrected chi connectivity index (χ0v) is 12.3. The van der Waals surface area contributed by atoms with E-state index in [-0.39, 0.29) is 0 Å². The zero-order chi connectivity index (χ0) is 13.3. The van der Waals surface area contributed by atoms with Crippen LogP contribution in [0.3, 0.4) is 0 Å². The molecule has 2 N–H and O–H groups in total. The number of rotatable bonds is 4. The van der Waals surface area contributed by atoms with E-state index in [9.17, 15) is 0 Å². The molecular formula is C14H21N3S. The summed E-state index contributed by atoms with van der Waals surface area (Å²) in [6.45, 7) is 7.61. The van der Waals surface area contributed by atoms with E-state index >= 15 is 0 Å². The molecule has 1 aromatic heterocycles. The molecule has 4 heteroatoms. The number of thioether (sulfide) groups is 1. The van der Waals surface area contributed by atoms with Crippen LogP contribution >= 0.6 is 11.8 Å². The minimum atomic E-state index is 0.424. The lowest BCUT2D eigenvalue weighted by molar-refractivity contribution is 0.632. The first-order valence-corrected chi connectivity index (χ1v) is 7.60. The highest BCUT2D eigenvalue weighted by Crippen LogP contribution is 2.25. The van der Waals surface area contributed by atoms with Gasteiger partial charge in [-0.05, 0) is 24.5 Å². The number of hydrogen-bond donors (Lipinski definition) is 1. The van der Waals surface area contributed by atoms with Gasteiger partial charge in [-0.2, -0.15) is 11.8 Å². The van der Waals surface area contributed by atoms with Gasteiger partial charge in [0.25, 0.3) is 0 Å². The van der Waals surface area contributed by atoms with Crippen LogP contribution in [0.5, 0.6) is 0 Å². The molecule has 1 heterocycles. The van der Waals surface area contributed by atoms with Gasteiger partial charge in [-0.3, -0.25) is 0 Å². The predicted molar refractivity (Wildman–Crippen MR) is 81.2 cm³/mol. The summed E-state index contributed by atoms with van der Waals surface area (Å²) in [7, 11) is 0. The standard InChI is InChI=1S/C14H21N3S/c1-9(2)14-16-12-7-11(15)5-6-13(12)17(14)8-10(3)18-4/h5-7,9-10H,8,15H2,1-4H3. The van der Waals surface area contributed by atoms with Crippen LogP contribution in [0.1, 0.15) is 32.5 Å². The third kappa shape index (κ3) is 2.48. The molecule has 0 saturated carbocycles. The fourth-order valence-electron chi connectivity index (χ4n) is 2.13. The Morgan fingerprint density at radius 2 is 2.06 bits per heavy atom. The molecule has 18 heavy (non-hydrogen) atoms. The zero-order valence-electron chi connectivity index (χ0n) is 11.5. The van der Waals surface area contributed by atoms with Gasteiger partial charge in [0.05, 0.1) is 11.0 Å². The van der Waals surface area contributed by atoms with E-state index < -0.39 is 0 Å². The predicted octanol–water partition coefficient (Wildman–Crippen LogP) is 3.49. The summed E-state index contributed by atoms with van der Waals surface area (Å²) < 4.78 is 2.33. The molecular weight excluding hydrogens is 242 g/mol. The Labute approximate surface area is 113 Å². The van der Waals surface area contributed by atoms with E-state index in [1.54, 1.807) is 0 Å². The normalized spacial score (nSPS) is 13.4. The van der Waals surface area contributed by atoms with Gasteiger partial charge in [0.2, 0.25) is 0 Å². The largest absolute Gasteiger partial charge is 0.399 e. The number of nitrogens with zero attached hydrogens (tertiary/aromatic N) is 2. The summed E-state index contributed by atoms with van der Waals surface area (Å²) in [5, 5.41) is 0.581. The number of fused-ring (bicyclic) bond motifs is 1. The number of aromatic nitrogens is 2. The fraction of sp³-hybridized carbons (Fsp3) is 0.500. The quantitative estimate of drug-likeness (QED) is 0.859. The third-order valence-corrected chi connectivity index (χ3v) is 4.11. The molecule has 0 saturated heterocycles. The monoisotopic (exact) mass is 263 g/mol. The first-order chi connectivity index (χ1) is 8.52. The average Bonchev–Trinajstić information content (AvgIpc) is 2.67. The minimum Gasteiger partial charge on any atom is -0.399 e. The van der Waals surface area contributed by atoms with E-state index in [1.165, 1.54) is 5.52 Å². The van der Waals surface area contributed by atoms with Gasteiger partial charge >= 0.3 is 0 Å². The molecule has 2 rings (SSSR count). The van der Waals surface area contributed by atoms with Crippen LogP contribution in [0, 0.1) is 0 Å². The van der Waals surface area contributed by atoms with Crippen LogP contribution < -0.4 is 5.73 Å². The highest BCUT2D eigenvalue weighted by molar-refractivity contribution is 7.99. The van der Waals surface area contributed by atoms with Crippen molar-refractivity contribution in [3.8, 4) is 0 Å². The lowest BCUT2D eigenvalue weighted by Crippen LogP contribution is -2.12. The molecule has 3 nitrogen and oxygen atoms in total. The molecule has 1 atom stereocenters. The Morgan fingerprint density at radius 3 is 2.67 bits per heavy atom. The van der Waals surface area contributed by atoms with Crippen molar-refractivity contribution in [2.45, 2.75) is 38.5 Å². The van der Waals surface area contributed by atoms with E-state index in [0.29, 0.717) is 11.2 Å². The SMILES string of the molecule is CSC(C)Cn1c(C(C)C)nc2cc(N)ccc21. The smallest absolute Gasteiger partial charge is 0.112 e. The van der Waals surface area contributed by atoms with Gasteiger partial charge in [-0.15, -0.1) is 0 Å². The van der Waals surface area contributed by atoms with Crippen LogP contribution in [0.25, 0.3) is 11.0 Å². The number of benzene rings is 1.